The third kappa shape index (κ3) is 2.10. The SMILES string of the molecule is N=c1ccc(=N)c2c3[nH]c4ccccc4sc3c3sc4ccccc4[nH]c3c12. The van der Waals surface area contributed by atoms with E-state index < -0.39 is 0 Å². The molecule has 4 nitrogen and oxygen atoms in total. The predicted octanol–water partition coefficient (Wildman–Crippen LogP) is 5.75. The average Bonchev–Trinajstić information content (AvgIpc) is 2.73. The Morgan fingerprint density at radius 2 is 1.00 bits per heavy atom. The van der Waals surface area contributed by atoms with Crippen LogP contribution in [0.1, 0.15) is 0 Å². The van der Waals surface area contributed by atoms with Crippen LogP contribution in [0, 0.1) is 10.8 Å². The van der Waals surface area contributed by atoms with Crippen LogP contribution in [0.5, 0.6) is 0 Å². The summed E-state index contributed by atoms with van der Waals surface area (Å²) in [5.74, 6) is 0. The number of para-hydroxylation sites is 2. The van der Waals surface area contributed by atoms with Gasteiger partial charge < -0.3 is 20.8 Å². The van der Waals surface area contributed by atoms with E-state index in [1.165, 1.54) is 9.40 Å². The number of nitrogens with one attached hydrogen (secondary N) is 4. The molecule has 0 saturated heterocycles. The molecule has 0 radical (unpaired) electrons. The summed E-state index contributed by atoms with van der Waals surface area (Å²) in [6, 6.07) is 19.9. The zero-order valence-corrected chi connectivity index (χ0v) is 16.2. The molecule has 6 heteroatoms. The number of benzene rings is 4. The van der Waals surface area contributed by atoms with Gasteiger partial charge in [-0.25, -0.2) is 0 Å². The molecule has 2 heterocycles. The predicted molar refractivity (Wildman–Crippen MR) is 119 cm³/mol. The molecule has 0 amide bonds. The minimum absolute atomic E-state index is 0.434. The van der Waals surface area contributed by atoms with Gasteiger partial charge in [0.1, 0.15) is 0 Å². The summed E-state index contributed by atoms with van der Waals surface area (Å²) in [7, 11) is 0. The fourth-order valence-electron chi connectivity index (χ4n) is 3.82. The van der Waals surface area contributed by atoms with Crippen LogP contribution in [0.15, 0.2) is 60.7 Å². The van der Waals surface area contributed by atoms with Crippen molar-refractivity contribution in [3.8, 4) is 0 Å². The van der Waals surface area contributed by atoms with Crippen LogP contribution >= 0.6 is 22.7 Å². The Morgan fingerprint density at radius 1 is 0.571 bits per heavy atom. The first-order valence-corrected chi connectivity index (χ1v) is 10.5. The second-order valence-corrected chi connectivity index (χ2v) is 8.87. The summed E-state index contributed by atoms with van der Waals surface area (Å²) in [6.07, 6.45) is 0. The van der Waals surface area contributed by atoms with Crippen molar-refractivity contribution in [1.82, 2.24) is 9.97 Å². The van der Waals surface area contributed by atoms with Gasteiger partial charge >= 0.3 is 0 Å². The summed E-state index contributed by atoms with van der Waals surface area (Å²) >= 11 is 3.47. The molecule has 0 bridgehead atoms. The van der Waals surface area contributed by atoms with E-state index in [9.17, 15) is 0 Å². The molecular weight excluding hydrogens is 384 g/mol. The van der Waals surface area contributed by atoms with Gasteiger partial charge in [-0.1, -0.05) is 24.3 Å². The smallest absolute Gasteiger partial charge is 0.0713 e. The molecule has 2 aromatic heterocycles. The first-order chi connectivity index (χ1) is 13.7. The van der Waals surface area contributed by atoms with Crippen LogP contribution < -0.4 is 10.7 Å². The van der Waals surface area contributed by atoms with Crippen molar-refractivity contribution in [2.45, 2.75) is 0 Å². The van der Waals surface area contributed by atoms with Crippen molar-refractivity contribution in [2.24, 2.45) is 0 Å². The van der Waals surface area contributed by atoms with E-state index >= 15 is 0 Å². The number of aromatic nitrogens is 2. The maximum Gasteiger partial charge on any atom is 0.0713 e. The maximum absolute atomic E-state index is 8.58. The van der Waals surface area contributed by atoms with Crippen molar-refractivity contribution >= 4 is 74.3 Å². The molecule has 0 spiro atoms. The molecule has 0 atom stereocenters. The Balaban J connectivity index is 2.04. The molecule has 0 unspecified atom stereocenters. The van der Waals surface area contributed by atoms with Crippen LogP contribution in [-0.2, 0) is 0 Å². The topological polar surface area (TPSA) is 79.3 Å². The lowest BCUT2D eigenvalue weighted by atomic mass is 10.1. The molecule has 0 saturated carbocycles. The zero-order valence-electron chi connectivity index (χ0n) is 14.6. The molecule has 4 aromatic carbocycles. The van der Waals surface area contributed by atoms with Gasteiger partial charge in [-0.05, 0) is 36.4 Å². The molecule has 0 aliphatic carbocycles. The summed E-state index contributed by atoms with van der Waals surface area (Å²) in [4.78, 5) is 7.12. The van der Waals surface area contributed by atoms with E-state index in [4.69, 9.17) is 10.8 Å². The highest BCUT2D eigenvalue weighted by molar-refractivity contribution is 7.32. The van der Waals surface area contributed by atoms with Gasteiger partial charge in [0, 0.05) is 10.8 Å². The molecule has 0 aliphatic heterocycles. The highest BCUT2D eigenvalue weighted by Crippen LogP contribution is 2.39. The standard InChI is InChI=1S/C22H14N4S2/c23-11-9-10-12(24)18-17(11)19-21(27-15-7-3-1-5-13(15)25-19)22-20(18)26-14-6-2-4-8-16(14)28-22/h1-10,23-26H. The van der Waals surface area contributed by atoms with Crippen LogP contribution in [0.25, 0.3) is 51.6 Å². The Kier molecular flexibility index (Phi) is 3.18. The minimum atomic E-state index is 0.434. The number of rotatable bonds is 0. The lowest BCUT2D eigenvalue weighted by Crippen LogP contribution is -2.11. The van der Waals surface area contributed by atoms with Gasteiger partial charge in [0.25, 0.3) is 0 Å². The molecule has 6 rings (SSSR count). The van der Waals surface area contributed by atoms with E-state index in [1.54, 1.807) is 34.8 Å². The Morgan fingerprint density at radius 3 is 1.46 bits per heavy atom. The largest absolute Gasteiger partial charge is 0.353 e. The fourth-order valence-corrected chi connectivity index (χ4v) is 6.16. The summed E-state index contributed by atoms with van der Waals surface area (Å²) in [5.41, 5.74) is 3.96. The number of hydrogen-bond donors (Lipinski definition) is 4. The quantitative estimate of drug-likeness (QED) is 0.186. The summed E-state index contributed by atoms with van der Waals surface area (Å²) < 4.78 is 4.58. The minimum Gasteiger partial charge on any atom is -0.353 e. The van der Waals surface area contributed by atoms with Crippen LogP contribution in [-0.4, -0.2) is 9.97 Å². The molecule has 134 valence electrons. The maximum atomic E-state index is 8.58. The number of aromatic amines is 2. The number of H-pyrrole nitrogens is 2. The highest BCUT2D eigenvalue weighted by Gasteiger charge is 2.15. The summed E-state index contributed by atoms with van der Waals surface area (Å²) in [5, 5.41) is 19.6. The van der Waals surface area contributed by atoms with Crippen molar-refractivity contribution < 1.29 is 0 Å². The Hall–Kier alpha value is -3.22. The molecule has 4 N–H and O–H groups in total. The van der Waals surface area contributed by atoms with Gasteiger partial charge in [-0.15, -0.1) is 22.7 Å². The third-order valence-corrected chi connectivity index (χ3v) is 7.59. The normalized spacial score (nSPS) is 11.9. The lowest BCUT2D eigenvalue weighted by molar-refractivity contribution is 1.26. The number of fused-ring (bicyclic) bond motifs is 8. The average molecular weight is 399 g/mol. The van der Waals surface area contributed by atoms with Crippen molar-refractivity contribution in [3.63, 3.8) is 0 Å². The van der Waals surface area contributed by atoms with Gasteiger partial charge in [0.2, 0.25) is 0 Å². The molecule has 6 aromatic rings. The second kappa shape index (κ2) is 5.64. The van der Waals surface area contributed by atoms with Crippen molar-refractivity contribution in [2.75, 3.05) is 0 Å². The Labute approximate surface area is 166 Å². The Bertz CT molecular complexity index is 1590. The zero-order chi connectivity index (χ0) is 18.8. The first kappa shape index (κ1) is 15.8. The van der Waals surface area contributed by atoms with Crippen molar-refractivity contribution in [1.29, 1.82) is 10.8 Å². The van der Waals surface area contributed by atoms with Gasteiger partial charge in [-0.2, -0.15) is 0 Å². The second-order valence-electron chi connectivity index (χ2n) is 6.77. The van der Waals surface area contributed by atoms with Gasteiger partial charge in [0.15, 0.2) is 0 Å². The molecule has 28 heavy (non-hydrogen) atoms. The molecule has 0 fully saturated rings. The van der Waals surface area contributed by atoms with Crippen molar-refractivity contribution in [3.05, 3.63) is 71.4 Å². The van der Waals surface area contributed by atoms with E-state index in [2.05, 4.69) is 34.2 Å². The third-order valence-electron chi connectivity index (χ3n) is 5.08. The van der Waals surface area contributed by atoms with Gasteiger partial charge in [0.05, 0.1) is 51.6 Å². The van der Waals surface area contributed by atoms with Gasteiger partial charge in [-0.3, -0.25) is 0 Å². The van der Waals surface area contributed by atoms with E-state index in [1.807, 2.05) is 24.3 Å². The van der Waals surface area contributed by atoms with E-state index in [0.29, 0.717) is 10.7 Å². The van der Waals surface area contributed by atoms with E-state index in [-0.39, 0.29) is 0 Å². The number of hydrogen-bond acceptors (Lipinski definition) is 4. The first-order valence-electron chi connectivity index (χ1n) is 8.88. The van der Waals surface area contributed by atoms with Crippen LogP contribution in [0.4, 0.5) is 0 Å². The van der Waals surface area contributed by atoms with Crippen LogP contribution in [0.3, 0.4) is 0 Å². The fraction of sp³-hybridized carbons (Fsp3) is 0. The molecular formula is C22H14N4S2. The lowest BCUT2D eigenvalue weighted by Gasteiger charge is -2.12. The van der Waals surface area contributed by atoms with Crippen LogP contribution in [0.2, 0.25) is 0 Å². The molecule has 0 aliphatic rings. The monoisotopic (exact) mass is 398 g/mol. The highest BCUT2D eigenvalue weighted by atomic mass is 32.1. The van der Waals surface area contributed by atoms with E-state index in [0.717, 1.165) is 42.2 Å². The summed E-state index contributed by atoms with van der Waals surface area (Å²) in [6.45, 7) is 0.